The molecule has 0 bridgehead atoms. The molecule has 8 nitrogen and oxygen atoms in total. The average molecular weight is 357 g/mol. The van der Waals surface area contributed by atoms with Crippen LogP contribution in [0.1, 0.15) is 24.4 Å². The lowest BCUT2D eigenvalue weighted by Crippen LogP contribution is -2.32. The van der Waals surface area contributed by atoms with Crippen molar-refractivity contribution in [3.05, 3.63) is 47.1 Å². The summed E-state index contributed by atoms with van der Waals surface area (Å²) in [6.45, 7) is 4.00. The molecule has 1 unspecified atom stereocenters. The highest BCUT2D eigenvalue weighted by Gasteiger charge is 2.24. The number of benzene rings is 1. The molecule has 134 valence electrons. The van der Waals surface area contributed by atoms with Gasteiger partial charge in [0.05, 0.1) is 12.5 Å². The summed E-state index contributed by atoms with van der Waals surface area (Å²) in [5, 5.41) is 16.6. The van der Waals surface area contributed by atoms with E-state index in [1.54, 1.807) is 30.8 Å². The average Bonchev–Trinajstić information content (AvgIpc) is 3.26. The molecule has 3 heterocycles. The van der Waals surface area contributed by atoms with Crippen molar-refractivity contribution in [2.45, 2.75) is 19.8 Å². The first-order valence-corrected chi connectivity index (χ1v) is 8.02. The number of nitrogens with zero attached hydrogens (tertiary/aromatic N) is 5. The van der Waals surface area contributed by atoms with E-state index in [1.807, 2.05) is 6.92 Å². The smallest absolute Gasteiger partial charge is 0.244 e. The molecule has 4 aromatic rings. The van der Waals surface area contributed by atoms with E-state index in [4.69, 9.17) is 9.26 Å². The van der Waals surface area contributed by atoms with Crippen molar-refractivity contribution in [1.82, 2.24) is 19.5 Å². The molecule has 0 aliphatic carbocycles. The fourth-order valence-electron chi connectivity index (χ4n) is 3.03. The third kappa shape index (κ3) is 2.39. The molecule has 0 saturated carbocycles. The Morgan fingerprint density at radius 2 is 2.23 bits per heavy atom. The van der Waals surface area contributed by atoms with Gasteiger partial charge in [-0.2, -0.15) is 9.71 Å². The summed E-state index contributed by atoms with van der Waals surface area (Å²) in [6, 6.07) is 4.04. The van der Waals surface area contributed by atoms with Crippen LogP contribution in [0.25, 0.3) is 28.1 Å². The highest BCUT2D eigenvalue weighted by molar-refractivity contribution is 5.82. The van der Waals surface area contributed by atoms with Crippen molar-refractivity contribution in [3.8, 4) is 11.5 Å². The lowest BCUT2D eigenvalue weighted by Gasteiger charge is -2.08. The Hall–Kier alpha value is -3.07. The van der Waals surface area contributed by atoms with Gasteiger partial charge in [0.25, 0.3) is 0 Å². The zero-order chi connectivity index (χ0) is 18.4. The van der Waals surface area contributed by atoms with Crippen LogP contribution in [0.15, 0.2) is 29.0 Å². The Labute approximate surface area is 147 Å². The molecule has 1 atom stereocenters. The molecule has 26 heavy (non-hydrogen) atoms. The molecule has 1 aromatic carbocycles. The van der Waals surface area contributed by atoms with E-state index < -0.39 is 5.82 Å². The normalized spacial score (nSPS) is 12.9. The quantitative estimate of drug-likeness (QED) is 0.411. The van der Waals surface area contributed by atoms with Crippen LogP contribution in [0.3, 0.4) is 0 Å². The van der Waals surface area contributed by atoms with Crippen LogP contribution in [-0.2, 0) is 4.74 Å². The van der Waals surface area contributed by atoms with Crippen LogP contribution in [0.2, 0.25) is 0 Å². The number of hydrogen-bond acceptors (Lipinski definition) is 6. The van der Waals surface area contributed by atoms with Crippen molar-refractivity contribution < 1.29 is 18.4 Å². The van der Waals surface area contributed by atoms with Gasteiger partial charge in [-0.05, 0) is 12.1 Å². The first-order chi connectivity index (χ1) is 12.5. The summed E-state index contributed by atoms with van der Waals surface area (Å²) < 4.78 is 26.4. The maximum atomic E-state index is 13.5. The monoisotopic (exact) mass is 357 g/mol. The van der Waals surface area contributed by atoms with Gasteiger partial charge in [-0.3, -0.25) is 4.40 Å². The number of methoxy groups -OCH3 is 1. The second-order valence-corrected chi connectivity index (χ2v) is 6.14. The summed E-state index contributed by atoms with van der Waals surface area (Å²) in [7, 11) is 1.60. The van der Waals surface area contributed by atoms with Crippen LogP contribution in [0.4, 0.5) is 4.39 Å². The van der Waals surface area contributed by atoms with Crippen molar-refractivity contribution in [3.63, 3.8) is 0 Å². The van der Waals surface area contributed by atoms with Gasteiger partial charge < -0.3 is 14.5 Å². The van der Waals surface area contributed by atoms with E-state index in [2.05, 4.69) is 15.1 Å². The van der Waals surface area contributed by atoms with Gasteiger partial charge in [0.15, 0.2) is 0 Å². The van der Waals surface area contributed by atoms with Crippen molar-refractivity contribution >= 4 is 16.6 Å². The minimum atomic E-state index is -0.476. The van der Waals surface area contributed by atoms with E-state index >= 15 is 0 Å². The number of halogens is 1. The third-order valence-corrected chi connectivity index (χ3v) is 4.32. The molecule has 0 radical (unpaired) electrons. The number of imidazole rings is 1. The SMILES string of the molecule is COCC(C)c1nc(-c2ncn3c2c(C)[n+]([O-])c2cc(F)ccc23)no1. The van der Waals surface area contributed by atoms with Gasteiger partial charge in [-0.15, -0.1) is 0 Å². The number of aryl methyl sites for hydroxylation is 1. The minimum Gasteiger partial charge on any atom is -0.618 e. The van der Waals surface area contributed by atoms with E-state index in [1.165, 1.54) is 12.1 Å². The Balaban J connectivity index is 1.93. The lowest BCUT2D eigenvalue weighted by molar-refractivity contribution is -0.583. The Morgan fingerprint density at radius 3 is 3.00 bits per heavy atom. The fourth-order valence-corrected chi connectivity index (χ4v) is 3.03. The van der Waals surface area contributed by atoms with E-state index in [9.17, 15) is 9.60 Å². The predicted octanol–water partition coefficient (Wildman–Crippen LogP) is 2.37. The Kier molecular flexibility index (Phi) is 3.80. The number of fused-ring (bicyclic) bond motifs is 3. The first-order valence-electron chi connectivity index (χ1n) is 8.02. The molecular weight excluding hydrogens is 341 g/mol. The zero-order valence-electron chi connectivity index (χ0n) is 14.4. The molecule has 0 aliphatic heterocycles. The van der Waals surface area contributed by atoms with Crippen LogP contribution < -0.4 is 4.73 Å². The van der Waals surface area contributed by atoms with Crippen molar-refractivity contribution in [1.29, 1.82) is 0 Å². The molecule has 0 aliphatic rings. The van der Waals surface area contributed by atoms with Crippen molar-refractivity contribution in [2.75, 3.05) is 13.7 Å². The summed E-state index contributed by atoms with van der Waals surface area (Å²) in [4.78, 5) is 8.74. The number of aromatic nitrogens is 5. The number of ether oxygens (including phenoxy) is 1. The molecule has 0 saturated heterocycles. The Bertz CT molecular complexity index is 1120. The highest BCUT2D eigenvalue weighted by atomic mass is 19.1. The first kappa shape index (κ1) is 16.4. The number of rotatable bonds is 4. The molecule has 3 aromatic heterocycles. The van der Waals surface area contributed by atoms with E-state index in [0.717, 1.165) is 0 Å². The molecule has 0 amide bonds. The number of hydrogen-bond donors (Lipinski definition) is 0. The van der Waals surface area contributed by atoms with Gasteiger partial charge >= 0.3 is 0 Å². The van der Waals surface area contributed by atoms with Crippen LogP contribution in [0.5, 0.6) is 0 Å². The summed E-state index contributed by atoms with van der Waals surface area (Å²) in [5.74, 6) is 0.175. The largest absolute Gasteiger partial charge is 0.618 e. The molecule has 4 rings (SSSR count). The molecule has 0 spiro atoms. The minimum absolute atomic E-state index is 0.0653. The van der Waals surface area contributed by atoms with Crippen LogP contribution >= 0.6 is 0 Å². The van der Waals surface area contributed by atoms with E-state index in [0.29, 0.717) is 39.6 Å². The maximum Gasteiger partial charge on any atom is 0.244 e. The molecule has 0 N–H and O–H groups in total. The zero-order valence-corrected chi connectivity index (χ0v) is 14.4. The standard InChI is InChI=1S/C17H16FN5O3/c1-9(7-25-3)17-20-16(21-26-17)14-15-10(2)23(24)13-6-11(18)4-5-12(13)22(15)8-19-14/h4-6,8-9H,7H2,1-3H3. The van der Waals surface area contributed by atoms with Gasteiger partial charge in [0, 0.05) is 20.1 Å². The van der Waals surface area contributed by atoms with Gasteiger partial charge in [0.2, 0.25) is 22.9 Å². The van der Waals surface area contributed by atoms with E-state index in [-0.39, 0.29) is 17.3 Å². The second-order valence-electron chi connectivity index (χ2n) is 6.14. The maximum absolute atomic E-state index is 13.5. The molecule has 9 heteroatoms. The third-order valence-electron chi connectivity index (χ3n) is 4.32. The Morgan fingerprint density at radius 1 is 1.42 bits per heavy atom. The van der Waals surface area contributed by atoms with Crippen molar-refractivity contribution in [2.24, 2.45) is 0 Å². The van der Waals surface area contributed by atoms with Crippen LogP contribution in [0, 0.1) is 17.9 Å². The summed E-state index contributed by atoms with van der Waals surface area (Å²) in [5.41, 5.74) is 2.11. The topological polar surface area (TPSA) is 92.4 Å². The lowest BCUT2D eigenvalue weighted by atomic mass is 10.2. The predicted molar refractivity (Wildman–Crippen MR) is 89.9 cm³/mol. The molecular formula is C17H16FN5O3. The summed E-state index contributed by atoms with van der Waals surface area (Å²) in [6.07, 6.45) is 1.56. The van der Waals surface area contributed by atoms with Crippen LogP contribution in [-0.4, -0.2) is 33.2 Å². The highest BCUT2D eigenvalue weighted by Crippen LogP contribution is 2.26. The van der Waals surface area contributed by atoms with Gasteiger partial charge in [-0.1, -0.05) is 12.1 Å². The molecule has 0 fully saturated rings. The second kappa shape index (κ2) is 6.03. The van der Waals surface area contributed by atoms with Gasteiger partial charge in [-0.25, -0.2) is 9.37 Å². The fraction of sp³-hybridized carbons (Fsp3) is 0.294. The van der Waals surface area contributed by atoms with Gasteiger partial charge in [0.1, 0.15) is 28.9 Å². The summed E-state index contributed by atoms with van der Waals surface area (Å²) >= 11 is 0.